The van der Waals surface area contributed by atoms with Crippen molar-refractivity contribution in [3.05, 3.63) is 23.8 Å². The number of alkyl carbamates (subject to hydrolysis) is 1. The zero-order valence-corrected chi connectivity index (χ0v) is 21.2. The lowest BCUT2D eigenvalue weighted by atomic mass is 9.85. The van der Waals surface area contributed by atoms with Crippen molar-refractivity contribution in [1.29, 1.82) is 0 Å². The van der Waals surface area contributed by atoms with E-state index in [0.717, 1.165) is 12.8 Å². The third kappa shape index (κ3) is 10.4. The number of Topliss-reactive ketones (excluding diaryl/α,β-unsaturated/α-hetero) is 1. The van der Waals surface area contributed by atoms with Gasteiger partial charge in [0, 0.05) is 18.2 Å². The molecule has 3 N–H and O–H groups in total. The minimum atomic E-state index is -1.26. The van der Waals surface area contributed by atoms with Crippen LogP contribution in [0.3, 0.4) is 0 Å². The molecule has 0 aliphatic heterocycles. The molecule has 1 aliphatic carbocycles. The number of ether oxygens (including phenoxy) is 3. The highest BCUT2D eigenvalue weighted by Gasteiger charge is 2.28. The number of aliphatic carboxylic acids is 2. The molecule has 0 bridgehead atoms. The van der Waals surface area contributed by atoms with Crippen molar-refractivity contribution in [2.45, 2.75) is 58.1 Å². The number of rotatable bonds is 13. The van der Waals surface area contributed by atoms with Crippen LogP contribution >= 0.6 is 0 Å². The molecule has 1 saturated carbocycles. The van der Waals surface area contributed by atoms with E-state index in [9.17, 15) is 24.0 Å². The summed E-state index contributed by atoms with van der Waals surface area (Å²) in [4.78, 5) is 59.7. The zero-order valence-electron chi connectivity index (χ0n) is 21.2. The normalized spacial score (nSPS) is 17.3. The minimum Gasteiger partial charge on any atom is -0.479 e. The highest BCUT2D eigenvalue weighted by molar-refractivity contribution is 5.99. The molecule has 12 nitrogen and oxygen atoms in total. The Hall–Kier alpha value is -3.83. The fourth-order valence-electron chi connectivity index (χ4n) is 3.92. The van der Waals surface area contributed by atoms with Gasteiger partial charge in [-0.15, -0.1) is 0 Å². The molecule has 2 amide bonds. The molecule has 1 aliphatic rings. The maximum absolute atomic E-state index is 12.9. The Morgan fingerprint density at radius 1 is 1.00 bits per heavy atom. The van der Waals surface area contributed by atoms with Crippen molar-refractivity contribution in [2.24, 2.45) is 5.92 Å². The first-order valence-electron chi connectivity index (χ1n) is 11.9. The number of nitrogens with one attached hydrogen (secondary N) is 1. The summed E-state index contributed by atoms with van der Waals surface area (Å²) in [6.07, 6.45) is 3.03. The molecule has 1 fully saturated rings. The molecule has 1 aromatic rings. The Bertz CT molecular complexity index is 980. The molecule has 0 aromatic heterocycles. The number of carbonyl (C=O) groups excluding carboxylic acids is 3. The molecule has 37 heavy (non-hydrogen) atoms. The second-order valence-electron chi connectivity index (χ2n) is 9.78. The lowest BCUT2D eigenvalue weighted by Gasteiger charge is -2.34. The van der Waals surface area contributed by atoms with Gasteiger partial charge in [0.2, 0.25) is 6.41 Å². The van der Waals surface area contributed by atoms with E-state index in [1.807, 2.05) is 0 Å². The van der Waals surface area contributed by atoms with Gasteiger partial charge in [-0.05, 0) is 70.6 Å². The van der Waals surface area contributed by atoms with E-state index < -0.39 is 42.6 Å². The highest BCUT2D eigenvalue weighted by atomic mass is 16.6. The second-order valence-corrected chi connectivity index (χ2v) is 9.78. The van der Waals surface area contributed by atoms with Crippen LogP contribution in [-0.2, 0) is 19.1 Å². The number of carboxylic acids is 2. The largest absolute Gasteiger partial charge is 0.479 e. The van der Waals surface area contributed by atoms with Gasteiger partial charge in [-0.2, -0.15) is 0 Å². The summed E-state index contributed by atoms with van der Waals surface area (Å²) in [6, 6.07) is 3.85. The van der Waals surface area contributed by atoms with Gasteiger partial charge in [0.05, 0.1) is 6.54 Å². The Morgan fingerprint density at radius 2 is 1.59 bits per heavy atom. The summed E-state index contributed by atoms with van der Waals surface area (Å²) in [5, 5.41) is 20.5. The number of nitrogens with zero attached hydrogens (tertiary/aromatic N) is 1. The Balaban J connectivity index is 1.96. The van der Waals surface area contributed by atoms with Crippen LogP contribution in [0.2, 0.25) is 0 Å². The van der Waals surface area contributed by atoms with Crippen LogP contribution in [0.4, 0.5) is 4.79 Å². The molecule has 12 heteroatoms. The van der Waals surface area contributed by atoms with Crippen LogP contribution in [0.15, 0.2) is 18.2 Å². The van der Waals surface area contributed by atoms with E-state index in [4.69, 9.17) is 24.4 Å². The van der Waals surface area contributed by atoms with Crippen LogP contribution in [0.25, 0.3) is 0 Å². The number of carbonyl (C=O) groups is 5. The van der Waals surface area contributed by atoms with Gasteiger partial charge in [0.25, 0.3) is 0 Å². The average Bonchev–Trinajstić information content (AvgIpc) is 2.82. The van der Waals surface area contributed by atoms with E-state index in [2.05, 4.69) is 5.32 Å². The van der Waals surface area contributed by atoms with E-state index >= 15 is 0 Å². The van der Waals surface area contributed by atoms with E-state index in [1.54, 1.807) is 20.8 Å². The van der Waals surface area contributed by atoms with Crippen LogP contribution in [-0.4, -0.2) is 83.3 Å². The lowest BCUT2D eigenvalue weighted by molar-refractivity contribution is -0.140. The van der Waals surface area contributed by atoms with E-state index in [1.165, 1.54) is 23.1 Å². The standard InChI is InChI=1S/C25H34N2O10/c1-25(2,3)37-24(34)26-11-16-4-7-18(8-5-16)27(15-28)12-19(29)17-6-9-20(35-13-22(30)31)21(10-17)36-14-23(32)33/h6,9-10,15-16,18H,4-5,7-8,11-14H2,1-3H3,(H,26,34)(H,30,31)(H,32,33). The van der Waals surface area contributed by atoms with Crippen LogP contribution < -0.4 is 14.8 Å². The Kier molecular flexibility index (Phi) is 10.7. The summed E-state index contributed by atoms with van der Waals surface area (Å²) in [7, 11) is 0. The molecule has 2 rings (SSSR count). The summed E-state index contributed by atoms with van der Waals surface area (Å²) >= 11 is 0. The number of carboxylic acid groups (broad SMARTS) is 2. The summed E-state index contributed by atoms with van der Waals surface area (Å²) in [5.41, 5.74) is -0.418. The van der Waals surface area contributed by atoms with Crippen molar-refractivity contribution in [3.8, 4) is 11.5 Å². The van der Waals surface area contributed by atoms with Crippen LogP contribution in [0.5, 0.6) is 11.5 Å². The molecule has 204 valence electrons. The summed E-state index contributed by atoms with van der Waals surface area (Å²) < 4.78 is 15.5. The van der Waals surface area contributed by atoms with Gasteiger partial charge in [-0.25, -0.2) is 14.4 Å². The predicted octanol–water partition coefficient (Wildman–Crippen LogP) is 2.34. The van der Waals surface area contributed by atoms with Crippen LogP contribution in [0, 0.1) is 5.92 Å². The van der Waals surface area contributed by atoms with Gasteiger partial charge >= 0.3 is 18.0 Å². The quantitative estimate of drug-likeness (QED) is 0.258. The van der Waals surface area contributed by atoms with Gasteiger partial charge in [-0.3, -0.25) is 9.59 Å². The fraction of sp³-hybridized carbons (Fsp3) is 0.560. The molecule has 0 unspecified atom stereocenters. The third-order valence-electron chi connectivity index (χ3n) is 5.65. The maximum Gasteiger partial charge on any atom is 0.407 e. The van der Waals surface area contributed by atoms with Crippen LogP contribution in [0.1, 0.15) is 56.8 Å². The van der Waals surface area contributed by atoms with Crippen molar-refractivity contribution in [1.82, 2.24) is 10.2 Å². The van der Waals surface area contributed by atoms with Gasteiger partial charge in [0.1, 0.15) is 5.60 Å². The van der Waals surface area contributed by atoms with Gasteiger partial charge in [0.15, 0.2) is 30.5 Å². The number of ketones is 1. The van der Waals surface area contributed by atoms with Crippen molar-refractivity contribution >= 4 is 30.2 Å². The van der Waals surface area contributed by atoms with Crippen molar-refractivity contribution in [2.75, 3.05) is 26.3 Å². The molecule has 0 saturated heterocycles. The monoisotopic (exact) mass is 522 g/mol. The topological polar surface area (TPSA) is 169 Å². The summed E-state index contributed by atoms with van der Waals surface area (Å²) in [5.74, 6) is -2.77. The third-order valence-corrected chi connectivity index (χ3v) is 5.65. The lowest BCUT2D eigenvalue weighted by Crippen LogP contribution is -2.42. The Morgan fingerprint density at radius 3 is 2.14 bits per heavy atom. The smallest absolute Gasteiger partial charge is 0.407 e. The molecule has 0 heterocycles. The number of hydrogen-bond donors (Lipinski definition) is 3. The van der Waals surface area contributed by atoms with Gasteiger partial charge < -0.3 is 34.6 Å². The predicted molar refractivity (Wildman–Crippen MR) is 130 cm³/mol. The second kappa shape index (κ2) is 13.5. The number of benzene rings is 1. The molecular weight excluding hydrogens is 488 g/mol. The van der Waals surface area contributed by atoms with E-state index in [-0.39, 0.29) is 35.6 Å². The number of amides is 2. The highest BCUT2D eigenvalue weighted by Crippen LogP contribution is 2.30. The average molecular weight is 523 g/mol. The molecule has 0 radical (unpaired) electrons. The first-order valence-corrected chi connectivity index (χ1v) is 11.9. The first-order chi connectivity index (χ1) is 17.4. The fourth-order valence-corrected chi connectivity index (χ4v) is 3.92. The molecular formula is C25H34N2O10. The molecule has 0 spiro atoms. The summed E-state index contributed by atoms with van der Waals surface area (Å²) in [6.45, 7) is 4.26. The minimum absolute atomic E-state index is 0.0224. The maximum atomic E-state index is 12.9. The number of hydrogen-bond acceptors (Lipinski definition) is 8. The SMILES string of the molecule is CC(C)(C)OC(=O)NCC1CCC(N(C=O)CC(=O)c2ccc(OCC(=O)O)c(OCC(=O)O)c2)CC1. The molecule has 0 atom stereocenters. The van der Waals surface area contributed by atoms with Crippen molar-refractivity contribution in [3.63, 3.8) is 0 Å². The zero-order chi connectivity index (χ0) is 27.6. The van der Waals surface area contributed by atoms with Gasteiger partial charge in [-0.1, -0.05) is 0 Å². The van der Waals surface area contributed by atoms with E-state index in [0.29, 0.717) is 25.8 Å². The first kappa shape index (κ1) is 29.4. The van der Waals surface area contributed by atoms with Crippen molar-refractivity contribution < 1.29 is 48.4 Å². The molecule has 1 aromatic carbocycles. The Labute approximate surface area is 214 Å².